The molecule has 2 aliphatic rings. The van der Waals surface area contributed by atoms with Crippen molar-refractivity contribution in [2.45, 2.75) is 45.7 Å². The van der Waals surface area contributed by atoms with Gasteiger partial charge in [-0.3, -0.25) is 9.78 Å². The lowest BCUT2D eigenvalue weighted by Crippen LogP contribution is -2.21. The molecule has 0 unspecified atom stereocenters. The first kappa shape index (κ1) is 9.82. The number of fused-ring (bicyclic) bond motifs is 2. The number of carbonyl (C=O) groups excluding carboxylic acids is 1. The Morgan fingerprint density at radius 3 is 2.81 bits per heavy atom. The summed E-state index contributed by atoms with van der Waals surface area (Å²) in [4.78, 5) is 17.9. The van der Waals surface area contributed by atoms with Gasteiger partial charge in [-0.1, -0.05) is 6.07 Å². The summed E-state index contributed by atoms with van der Waals surface area (Å²) in [7, 11) is 0. The Labute approximate surface area is 95.5 Å². The minimum atomic E-state index is 0.149. The Morgan fingerprint density at radius 1 is 1.19 bits per heavy atom. The first-order valence-corrected chi connectivity index (χ1v) is 6.00. The van der Waals surface area contributed by atoms with Gasteiger partial charge in [-0.2, -0.15) is 0 Å². The van der Waals surface area contributed by atoms with Gasteiger partial charge in [0.15, 0.2) is 0 Å². The molecule has 0 N–H and O–H groups in total. The van der Waals surface area contributed by atoms with E-state index in [1.54, 1.807) is 6.92 Å². The summed E-state index contributed by atoms with van der Waals surface area (Å²) in [6.45, 7) is 3.09. The van der Waals surface area contributed by atoms with Gasteiger partial charge in [0.1, 0.15) is 0 Å². The monoisotopic (exact) mass is 216 g/mol. The molecule has 0 saturated carbocycles. The van der Waals surface area contributed by atoms with E-state index >= 15 is 0 Å². The highest BCUT2D eigenvalue weighted by atomic mass is 16.2. The summed E-state index contributed by atoms with van der Waals surface area (Å²) in [5.74, 6) is 0.149. The number of amides is 1. The van der Waals surface area contributed by atoms with Gasteiger partial charge in [-0.25, -0.2) is 0 Å². The zero-order valence-corrected chi connectivity index (χ0v) is 9.62. The first-order chi connectivity index (χ1) is 7.74. The SMILES string of the molecule is CC(=O)N1Cc2cc3c(nc2C1)CCCC3. The van der Waals surface area contributed by atoms with Gasteiger partial charge in [0, 0.05) is 19.2 Å². The third-order valence-corrected chi connectivity index (χ3v) is 3.62. The molecule has 1 aromatic heterocycles. The smallest absolute Gasteiger partial charge is 0.220 e. The minimum Gasteiger partial charge on any atom is -0.333 e. The van der Waals surface area contributed by atoms with Crippen molar-refractivity contribution in [1.82, 2.24) is 9.88 Å². The van der Waals surface area contributed by atoms with E-state index < -0.39 is 0 Å². The molecule has 0 fully saturated rings. The number of aromatic nitrogens is 1. The highest BCUT2D eigenvalue weighted by Gasteiger charge is 2.24. The zero-order valence-electron chi connectivity index (χ0n) is 9.62. The molecule has 2 heterocycles. The molecule has 0 radical (unpaired) electrons. The second kappa shape index (κ2) is 3.58. The molecule has 84 valence electrons. The lowest BCUT2D eigenvalue weighted by molar-refractivity contribution is -0.129. The molecule has 1 aromatic rings. The van der Waals surface area contributed by atoms with Crippen LogP contribution < -0.4 is 0 Å². The molecule has 3 nitrogen and oxygen atoms in total. The average molecular weight is 216 g/mol. The van der Waals surface area contributed by atoms with Crippen molar-refractivity contribution in [2.24, 2.45) is 0 Å². The van der Waals surface area contributed by atoms with E-state index in [-0.39, 0.29) is 5.91 Å². The normalized spacial score (nSPS) is 18.2. The van der Waals surface area contributed by atoms with Crippen LogP contribution in [-0.2, 0) is 30.7 Å². The molecule has 0 bridgehead atoms. The van der Waals surface area contributed by atoms with Crippen molar-refractivity contribution < 1.29 is 4.79 Å². The standard InChI is InChI=1S/C13H16N2O/c1-9(16)15-7-11-6-10-4-2-3-5-12(10)14-13(11)8-15/h6H,2-5,7-8H2,1H3. The number of hydrogen-bond donors (Lipinski definition) is 0. The fraction of sp³-hybridized carbons (Fsp3) is 0.538. The van der Waals surface area contributed by atoms with Crippen molar-refractivity contribution in [3.8, 4) is 0 Å². The molecule has 1 amide bonds. The lowest BCUT2D eigenvalue weighted by Gasteiger charge is -2.15. The molecule has 1 aliphatic carbocycles. The van der Waals surface area contributed by atoms with Crippen molar-refractivity contribution in [2.75, 3.05) is 0 Å². The van der Waals surface area contributed by atoms with Crippen molar-refractivity contribution in [3.05, 3.63) is 28.6 Å². The first-order valence-electron chi connectivity index (χ1n) is 6.00. The van der Waals surface area contributed by atoms with Crippen molar-refractivity contribution in [3.63, 3.8) is 0 Å². The van der Waals surface area contributed by atoms with E-state index in [9.17, 15) is 4.79 Å². The largest absolute Gasteiger partial charge is 0.333 e. The zero-order chi connectivity index (χ0) is 11.1. The van der Waals surface area contributed by atoms with Crippen molar-refractivity contribution >= 4 is 5.91 Å². The number of nitrogens with zero attached hydrogens (tertiary/aromatic N) is 2. The minimum absolute atomic E-state index is 0.149. The predicted molar refractivity (Wildman–Crippen MR) is 60.8 cm³/mol. The van der Waals surface area contributed by atoms with Gasteiger partial charge in [-0.05, 0) is 36.8 Å². The Kier molecular flexibility index (Phi) is 2.20. The van der Waals surface area contributed by atoms with Crippen LogP contribution in [0.15, 0.2) is 6.07 Å². The number of hydrogen-bond acceptors (Lipinski definition) is 2. The molecular weight excluding hydrogens is 200 g/mol. The van der Waals surface area contributed by atoms with E-state index in [4.69, 9.17) is 4.98 Å². The fourth-order valence-electron chi connectivity index (χ4n) is 2.66. The van der Waals surface area contributed by atoms with Gasteiger partial charge >= 0.3 is 0 Å². The molecule has 0 aromatic carbocycles. The third kappa shape index (κ3) is 1.51. The van der Waals surface area contributed by atoms with E-state index in [2.05, 4.69) is 6.07 Å². The number of carbonyl (C=O) groups is 1. The van der Waals surface area contributed by atoms with Gasteiger partial charge < -0.3 is 4.90 Å². The molecule has 1 aliphatic heterocycles. The molecule has 3 rings (SSSR count). The molecule has 0 saturated heterocycles. The van der Waals surface area contributed by atoms with Crippen molar-refractivity contribution in [1.29, 1.82) is 0 Å². The maximum absolute atomic E-state index is 11.3. The second-order valence-electron chi connectivity index (χ2n) is 4.78. The van der Waals surface area contributed by atoms with E-state index in [1.807, 2.05) is 4.90 Å². The lowest BCUT2D eigenvalue weighted by atomic mass is 9.94. The highest BCUT2D eigenvalue weighted by molar-refractivity contribution is 5.74. The summed E-state index contributed by atoms with van der Waals surface area (Å²) in [5, 5.41) is 0. The fourth-order valence-corrected chi connectivity index (χ4v) is 2.66. The topological polar surface area (TPSA) is 33.2 Å². The van der Waals surface area contributed by atoms with E-state index in [0.717, 1.165) is 25.1 Å². The summed E-state index contributed by atoms with van der Waals surface area (Å²) < 4.78 is 0. The van der Waals surface area contributed by atoms with E-state index in [0.29, 0.717) is 6.54 Å². The van der Waals surface area contributed by atoms with Crippen LogP contribution in [0, 0.1) is 0 Å². The van der Waals surface area contributed by atoms with Crippen LogP contribution in [0.3, 0.4) is 0 Å². The predicted octanol–water partition coefficient (Wildman–Crippen LogP) is 1.82. The summed E-state index contributed by atoms with van der Waals surface area (Å²) in [6.07, 6.45) is 4.82. The Bertz CT molecular complexity index is 418. The quantitative estimate of drug-likeness (QED) is 0.662. The van der Waals surface area contributed by atoms with Crippen LogP contribution in [0.25, 0.3) is 0 Å². The second-order valence-corrected chi connectivity index (χ2v) is 4.78. The van der Waals surface area contributed by atoms with Crippen LogP contribution in [-0.4, -0.2) is 15.8 Å². The van der Waals surface area contributed by atoms with Crippen LogP contribution in [0.4, 0.5) is 0 Å². The Balaban J connectivity index is 1.96. The van der Waals surface area contributed by atoms with Crippen LogP contribution >= 0.6 is 0 Å². The summed E-state index contributed by atoms with van der Waals surface area (Å²) in [6, 6.07) is 2.28. The molecule has 16 heavy (non-hydrogen) atoms. The summed E-state index contributed by atoms with van der Waals surface area (Å²) in [5.41, 5.74) is 5.07. The molecular formula is C13H16N2O. The van der Waals surface area contributed by atoms with Crippen LogP contribution in [0.5, 0.6) is 0 Å². The van der Waals surface area contributed by atoms with Gasteiger partial charge in [0.05, 0.1) is 12.2 Å². The maximum Gasteiger partial charge on any atom is 0.220 e. The Hall–Kier alpha value is -1.38. The van der Waals surface area contributed by atoms with Gasteiger partial charge in [-0.15, -0.1) is 0 Å². The highest BCUT2D eigenvalue weighted by Crippen LogP contribution is 2.27. The van der Waals surface area contributed by atoms with Crippen LogP contribution in [0.2, 0.25) is 0 Å². The molecule has 0 atom stereocenters. The molecule has 3 heteroatoms. The molecule has 0 spiro atoms. The number of pyridine rings is 1. The maximum atomic E-state index is 11.3. The Morgan fingerprint density at radius 2 is 2.00 bits per heavy atom. The third-order valence-electron chi connectivity index (χ3n) is 3.62. The number of aryl methyl sites for hydroxylation is 2. The van der Waals surface area contributed by atoms with E-state index in [1.165, 1.54) is 29.7 Å². The number of rotatable bonds is 0. The van der Waals surface area contributed by atoms with Gasteiger partial charge in [0.25, 0.3) is 0 Å². The summed E-state index contributed by atoms with van der Waals surface area (Å²) >= 11 is 0. The van der Waals surface area contributed by atoms with Crippen LogP contribution in [0.1, 0.15) is 42.3 Å². The van der Waals surface area contributed by atoms with Gasteiger partial charge in [0.2, 0.25) is 5.91 Å². The average Bonchev–Trinajstić information content (AvgIpc) is 2.68.